The van der Waals surface area contributed by atoms with Crippen LogP contribution >= 0.6 is 0 Å². The van der Waals surface area contributed by atoms with Gasteiger partial charge in [-0.3, -0.25) is 4.98 Å². The summed E-state index contributed by atoms with van der Waals surface area (Å²) in [5.41, 5.74) is 16.5. The molecule has 0 radical (unpaired) electrons. The number of nitrogens with two attached hydrogens (primary N) is 1. The molecule has 0 atom stereocenters. The molecule has 0 saturated carbocycles. The third kappa shape index (κ3) is 7.24. The van der Waals surface area contributed by atoms with E-state index in [0.717, 1.165) is 76.5 Å². The number of hydrogen-bond donors (Lipinski definition) is 3. The van der Waals surface area contributed by atoms with Gasteiger partial charge in [0.25, 0.3) is 0 Å². The molecule has 194 valence electrons. The van der Waals surface area contributed by atoms with E-state index in [4.69, 9.17) is 5.73 Å². The maximum absolute atomic E-state index is 6.35. The Morgan fingerprint density at radius 1 is 1.05 bits per heavy atom. The molecule has 1 aromatic carbocycles. The molecule has 38 heavy (non-hydrogen) atoms. The van der Waals surface area contributed by atoms with E-state index in [1.807, 2.05) is 30.7 Å². The van der Waals surface area contributed by atoms with Crippen LogP contribution in [0.2, 0.25) is 0 Å². The van der Waals surface area contributed by atoms with Gasteiger partial charge in [-0.25, -0.2) is 4.98 Å². The fourth-order valence-electron chi connectivity index (χ4n) is 4.34. The van der Waals surface area contributed by atoms with Gasteiger partial charge in [0.1, 0.15) is 5.82 Å². The lowest BCUT2D eigenvalue weighted by atomic mass is 10.00. The summed E-state index contributed by atoms with van der Waals surface area (Å²) < 4.78 is 0. The quantitative estimate of drug-likeness (QED) is 0.183. The molecule has 0 amide bonds. The van der Waals surface area contributed by atoms with Crippen LogP contribution in [0.15, 0.2) is 91.7 Å². The first-order chi connectivity index (χ1) is 18.4. The average molecular weight is 504 g/mol. The van der Waals surface area contributed by atoms with E-state index < -0.39 is 0 Å². The van der Waals surface area contributed by atoms with E-state index in [-0.39, 0.29) is 0 Å². The van der Waals surface area contributed by atoms with Gasteiger partial charge in [-0.05, 0) is 78.3 Å². The van der Waals surface area contributed by atoms with Crippen LogP contribution in [-0.4, -0.2) is 9.97 Å². The normalized spacial score (nSPS) is 11.7. The first kappa shape index (κ1) is 28.0. The minimum absolute atomic E-state index is 0.590. The van der Waals surface area contributed by atoms with Crippen LogP contribution in [0.3, 0.4) is 0 Å². The third-order valence-corrected chi connectivity index (χ3v) is 6.35. The molecule has 4 rings (SSSR count). The highest BCUT2D eigenvalue weighted by Crippen LogP contribution is 2.30. The molecule has 0 saturated heterocycles. The molecule has 0 fully saturated rings. The van der Waals surface area contributed by atoms with Gasteiger partial charge in [0.15, 0.2) is 0 Å². The topological polar surface area (TPSA) is 75.9 Å². The second-order valence-electron chi connectivity index (χ2n) is 9.24. The van der Waals surface area contributed by atoms with Crippen molar-refractivity contribution in [2.45, 2.75) is 46.0 Å². The van der Waals surface area contributed by atoms with Crippen molar-refractivity contribution in [3.05, 3.63) is 108 Å². The zero-order valence-corrected chi connectivity index (χ0v) is 22.4. The number of nitrogen functional groups attached to an aromatic ring is 1. The Kier molecular flexibility index (Phi) is 10.1. The van der Waals surface area contributed by atoms with Crippen molar-refractivity contribution >= 4 is 22.8 Å². The van der Waals surface area contributed by atoms with Crippen molar-refractivity contribution in [3.63, 3.8) is 0 Å². The number of nitrogens with zero attached hydrogens (tertiary/aromatic N) is 2. The third-order valence-electron chi connectivity index (χ3n) is 6.35. The first-order valence-electron chi connectivity index (χ1n) is 12.8. The van der Waals surface area contributed by atoms with Crippen LogP contribution in [0.4, 0.5) is 17.2 Å². The van der Waals surface area contributed by atoms with Gasteiger partial charge in [0.05, 0.1) is 11.9 Å². The molecule has 3 aromatic rings. The Bertz CT molecular complexity index is 1380. The van der Waals surface area contributed by atoms with Gasteiger partial charge in [0.2, 0.25) is 0 Å². The number of anilines is 3. The van der Waals surface area contributed by atoms with Gasteiger partial charge in [-0.15, -0.1) is 12.8 Å². The highest BCUT2D eigenvalue weighted by Gasteiger charge is 2.12. The molecular formula is C33H37N5. The Labute approximate surface area is 227 Å². The van der Waals surface area contributed by atoms with Gasteiger partial charge in [-0.1, -0.05) is 50.8 Å². The molecule has 5 heteroatoms. The smallest absolute Gasteiger partial charge is 0.133 e. The SMILES string of the molecule is C#C.C=C(CCCC)Nc1cncc(-c2ccc(N)c(CC(=C)Nc3nccc(C4=CCC=C4)c3C)c2)c1. The number of pyridine rings is 2. The van der Waals surface area contributed by atoms with Crippen molar-refractivity contribution in [2.24, 2.45) is 0 Å². The lowest BCUT2D eigenvalue weighted by Gasteiger charge is -2.16. The van der Waals surface area contributed by atoms with Crippen LogP contribution < -0.4 is 16.4 Å². The number of nitrogens with one attached hydrogen (secondary N) is 2. The summed E-state index contributed by atoms with van der Waals surface area (Å²) in [7, 11) is 0. The molecule has 2 heterocycles. The van der Waals surface area contributed by atoms with Gasteiger partial charge in [0, 0.05) is 41.5 Å². The van der Waals surface area contributed by atoms with Crippen LogP contribution in [0.1, 0.15) is 49.3 Å². The molecule has 1 aliphatic rings. The Morgan fingerprint density at radius 2 is 1.87 bits per heavy atom. The van der Waals surface area contributed by atoms with Crippen molar-refractivity contribution in [1.29, 1.82) is 0 Å². The van der Waals surface area contributed by atoms with E-state index in [9.17, 15) is 0 Å². The summed E-state index contributed by atoms with van der Waals surface area (Å²) in [6, 6.07) is 10.2. The van der Waals surface area contributed by atoms with Crippen LogP contribution in [0.5, 0.6) is 0 Å². The standard InChI is InChI=1S/C31H35N5.C2H2/c1-5-6-9-21(2)35-28-18-27(19-33-20-28)25-12-13-30(32)26(17-25)16-22(3)36-31-23(4)29(14-15-34-31)24-10-7-8-11-24;1-2/h7,10-15,17-20,35H,2-3,5-6,8-9,16,32H2,1,4H3,(H,34,36);1-2H. The predicted molar refractivity (Wildman–Crippen MR) is 163 cm³/mol. The molecule has 0 aliphatic heterocycles. The fraction of sp³-hybridized carbons (Fsp3) is 0.212. The van der Waals surface area contributed by atoms with Crippen LogP contribution in [0.25, 0.3) is 16.7 Å². The summed E-state index contributed by atoms with van der Waals surface area (Å²) in [4.78, 5) is 8.99. The number of unbranched alkanes of at least 4 members (excludes halogenated alkanes) is 1. The zero-order chi connectivity index (χ0) is 27.5. The zero-order valence-electron chi connectivity index (χ0n) is 22.4. The molecular weight excluding hydrogens is 466 g/mol. The lowest BCUT2D eigenvalue weighted by molar-refractivity contribution is 0.791. The molecule has 1 aliphatic carbocycles. The Balaban J connectivity index is 0.00000195. The number of aromatic nitrogens is 2. The minimum Gasteiger partial charge on any atom is -0.398 e. The van der Waals surface area contributed by atoms with Gasteiger partial charge >= 0.3 is 0 Å². The molecule has 5 nitrogen and oxygen atoms in total. The number of hydrogen-bond acceptors (Lipinski definition) is 5. The van der Waals surface area contributed by atoms with Crippen molar-refractivity contribution < 1.29 is 0 Å². The summed E-state index contributed by atoms with van der Waals surface area (Å²) >= 11 is 0. The molecule has 0 unspecified atom stereocenters. The molecule has 0 spiro atoms. The van der Waals surface area contributed by atoms with Gasteiger partial charge < -0.3 is 16.4 Å². The fourth-order valence-corrected chi connectivity index (χ4v) is 4.34. The highest BCUT2D eigenvalue weighted by molar-refractivity contribution is 5.80. The summed E-state index contributed by atoms with van der Waals surface area (Å²) in [6.45, 7) is 12.7. The number of rotatable bonds is 11. The summed E-state index contributed by atoms with van der Waals surface area (Å²) in [5.74, 6) is 0.819. The first-order valence-corrected chi connectivity index (χ1v) is 12.8. The number of terminal acetylenes is 1. The average Bonchev–Trinajstić information content (AvgIpc) is 3.46. The largest absolute Gasteiger partial charge is 0.398 e. The van der Waals surface area contributed by atoms with E-state index in [2.05, 4.69) is 96.9 Å². The number of benzene rings is 1. The Morgan fingerprint density at radius 3 is 2.61 bits per heavy atom. The van der Waals surface area contributed by atoms with Crippen molar-refractivity contribution in [2.75, 3.05) is 16.4 Å². The molecule has 2 aromatic heterocycles. The van der Waals surface area contributed by atoms with Crippen molar-refractivity contribution in [1.82, 2.24) is 9.97 Å². The van der Waals surface area contributed by atoms with E-state index in [1.54, 1.807) is 0 Å². The van der Waals surface area contributed by atoms with E-state index in [0.29, 0.717) is 6.42 Å². The summed E-state index contributed by atoms with van der Waals surface area (Å²) in [6.07, 6.45) is 24.9. The maximum atomic E-state index is 6.35. The number of allylic oxidation sites excluding steroid dienone is 6. The van der Waals surface area contributed by atoms with Crippen LogP contribution in [0, 0.1) is 19.8 Å². The predicted octanol–water partition coefficient (Wildman–Crippen LogP) is 7.91. The molecule has 4 N–H and O–H groups in total. The monoisotopic (exact) mass is 503 g/mol. The maximum Gasteiger partial charge on any atom is 0.133 e. The van der Waals surface area contributed by atoms with Crippen LogP contribution in [-0.2, 0) is 6.42 Å². The highest BCUT2D eigenvalue weighted by atomic mass is 15.0. The second kappa shape index (κ2) is 13.7. The Hall–Kier alpha value is -4.56. The summed E-state index contributed by atoms with van der Waals surface area (Å²) in [5, 5.41) is 6.79. The molecule has 0 bridgehead atoms. The lowest BCUT2D eigenvalue weighted by Crippen LogP contribution is -2.07. The second-order valence-corrected chi connectivity index (χ2v) is 9.24. The van der Waals surface area contributed by atoms with Crippen molar-refractivity contribution in [3.8, 4) is 24.0 Å². The minimum atomic E-state index is 0.590. The van der Waals surface area contributed by atoms with E-state index in [1.165, 1.54) is 11.1 Å². The van der Waals surface area contributed by atoms with Gasteiger partial charge in [-0.2, -0.15) is 0 Å². The van der Waals surface area contributed by atoms with E-state index >= 15 is 0 Å².